The minimum atomic E-state index is -0.172. The maximum Gasteiger partial charge on any atom is 0.205 e. The maximum absolute atomic E-state index is 9.70. The number of rotatable bonds is 3. The summed E-state index contributed by atoms with van der Waals surface area (Å²) in [6.07, 6.45) is 1.50. The number of benzene rings is 1. The third-order valence-corrected chi connectivity index (χ3v) is 3.47. The molecule has 0 fully saturated rings. The first-order valence-electron chi connectivity index (χ1n) is 5.86. The fourth-order valence-corrected chi connectivity index (χ4v) is 2.41. The Bertz CT molecular complexity index is 671. The van der Waals surface area contributed by atoms with Gasteiger partial charge >= 0.3 is 0 Å². The minimum Gasteiger partial charge on any atom is -0.504 e. The summed E-state index contributed by atoms with van der Waals surface area (Å²) in [6, 6.07) is 4.75. The van der Waals surface area contributed by atoms with Crippen LogP contribution >= 0.6 is 11.3 Å². The zero-order valence-corrected chi connectivity index (χ0v) is 11.6. The Morgan fingerprint density at radius 1 is 1.37 bits per heavy atom. The molecule has 0 atom stereocenters. The van der Waals surface area contributed by atoms with E-state index in [2.05, 4.69) is 10.1 Å². The van der Waals surface area contributed by atoms with Crippen LogP contribution in [-0.2, 0) is 0 Å². The summed E-state index contributed by atoms with van der Waals surface area (Å²) < 4.78 is 1.71. The van der Waals surface area contributed by atoms with E-state index in [1.165, 1.54) is 23.6 Å². The molecule has 100 valence electrons. The van der Waals surface area contributed by atoms with E-state index in [0.29, 0.717) is 12.1 Å². The van der Waals surface area contributed by atoms with Crippen LogP contribution in [0, 0.1) is 6.92 Å². The molecule has 2 N–H and O–H groups in total. The van der Waals surface area contributed by atoms with Gasteiger partial charge in [-0.15, -0.1) is 11.3 Å². The quantitative estimate of drug-likeness (QED) is 0.666. The summed E-state index contributed by atoms with van der Waals surface area (Å²) in [4.78, 5) is 5.14. The second-order valence-electron chi connectivity index (χ2n) is 3.91. The highest BCUT2D eigenvalue weighted by atomic mass is 32.1. The van der Waals surface area contributed by atoms with E-state index in [9.17, 15) is 10.2 Å². The fourth-order valence-electron chi connectivity index (χ4n) is 1.54. The number of aryl methyl sites for hydroxylation is 1. The van der Waals surface area contributed by atoms with Crippen molar-refractivity contribution in [3.8, 4) is 11.5 Å². The highest BCUT2D eigenvalue weighted by molar-refractivity contribution is 7.07. The lowest BCUT2D eigenvalue weighted by Crippen LogP contribution is -2.12. The van der Waals surface area contributed by atoms with E-state index in [4.69, 9.17) is 0 Å². The van der Waals surface area contributed by atoms with Gasteiger partial charge in [0.15, 0.2) is 11.5 Å². The molecule has 1 aromatic carbocycles. The van der Waals surface area contributed by atoms with Crippen LogP contribution in [0.15, 0.2) is 33.7 Å². The van der Waals surface area contributed by atoms with Gasteiger partial charge in [-0.05, 0) is 26.0 Å². The van der Waals surface area contributed by atoms with E-state index < -0.39 is 0 Å². The molecule has 2 rings (SSSR count). The summed E-state index contributed by atoms with van der Waals surface area (Å²) in [5.41, 5.74) is 1.42. The molecule has 0 saturated heterocycles. The maximum atomic E-state index is 9.70. The van der Waals surface area contributed by atoms with Crippen molar-refractivity contribution in [2.24, 2.45) is 10.1 Å². The Hall–Kier alpha value is -2.08. The summed E-state index contributed by atoms with van der Waals surface area (Å²) in [5, 5.41) is 25.4. The first-order chi connectivity index (χ1) is 9.13. The van der Waals surface area contributed by atoms with Crippen molar-refractivity contribution < 1.29 is 10.2 Å². The average molecular weight is 277 g/mol. The predicted octanol–water partition coefficient (Wildman–Crippen LogP) is 2.07. The van der Waals surface area contributed by atoms with Gasteiger partial charge in [-0.1, -0.05) is 6.07 Å². The summed E-state index contributed by atoms with van der Waals surface area (Å²) >= 11 is 1.51. The largest absolute Gasteiger partial charge is 0.504 e. The Balaban J connectivity index is 2.41. The third kappa shape index (κ3) is 2.85. The second-order valence-corrected chi connectivity index (χ2v) is 4.74. The van der Waals surface area contributed by atoms with Crippen molar-refractivity contribution in [1.29, 1.82) is 0 Å². The highest BCUT2D eigenvalue weighted by Gasteiger charge is 2.04. The molecule has 2 aromatic rings. The van der Waals surface area contributed by atoms with Crippen LogP contribution < -0.4 is 4.80 Å². The Labute approximate surface area is 114 Å². The molecule has 5 nitrogen and oxygen atoms in total. The number of aromatic hydroxyl groups is 2. The summed E-state index contributed by atoms with van der Waals surface area (Å²) in [7, 11) is 0. The Kier molecular flexibility index (Phi) is 4.01. The number of nitrogens with zero attached hydrogens (tertiary/aromatic N) is 3. The Morgan fingerprint density at radius 2 is 2.16 bits per heavy atom. The first-order valence-corrected chi connectivity index (χ1v) is 6.74. The van der Waals surface area contributed by atoms with Crippen molar-refractivity contribution >= 4 is 17.6 Å². The van der Waals surface area contributed by atoms with Gasteiger partial charge in [0.25, 0.3) is 0 Å². The number of phenols is 2. The number of phenolic OH excluding ortho intramolecular Hbond substituents is 2. The number of thiazole rings is 1. The molecule has 0 aliphatic carbocycles. The third-order valence-electron chi connectivity index (χ3n) is 2.50. The van der Waals surface area contributed by atoms with Crippen LogP contribution in [0.5, 0.6) is 11.5 Å². The zero-order valence-electron chi connectivity index (χ0n) is 10.7. The van der Waals surface area contributed by atoms with E-state index in [0.717, 1.165) is 10.5 Å². The number of hydrogen-bond acceptors (Lipinski definition) is 5. The van der Waals surface area contributed by atoms with Crippen LogP contribution in [0.2, 0.25) is 0 Å². The molecule has 0 spiro atoms. The van der Waals surface area contributed by atoms with Crippen LogP contribution in [0.4, 0.5) is 0 Å². The van der Waals surface area contributed by atoms with Crippen LogP contribution in [0.1, 0.15) is 18.2 Å². The number of para-hydroxylation sites is 1. The zero-order chi connectivity index (χ0) is 13.8. The minimum absolute atomic E-state index is 0.158. The normalized spacial score (nSPS) is 12.4. The van der Waals surface area contributed by atoms with Crippen molar-refractivity contribution in [2.75, 3.05) is 6.54 Å². The lowest BCUT2D eigenvalue weighted by molar-refractivity contribution is 0.403. The van der Waals surface area contributed by atoms with Crippen LogP contribution in [0.3, 0.4) is 0 Å². The van der Waals surface area contributed by atoms with Gasteiger partial charge < -0.3 is 10.2 Å². The SMILES string of the molecule is CCN=c1scc(C)n1N=Cc1cccc(O)c1O. The summed E-state index contributed by atoms with van der Waals surface area (Å²) in [6.45, 7) is 4.59. The second kappa shape index (κ2) is 5.71. The standard InChI is InChI=1S/C13H15N3O2S/c1-3-14-13-16(9(2)8-19-13)15-7-10-5-4-6-11(17)12(10)18/h4-8,17-18H,3H2,1-2H3. The molecular formula is C13H15N3O2S. The smallest absolute Gasteiger partial charge is 0.205 e. The summed E-state index contributed by atoms with van der Waals surface area (Å²) in [5.74, 6) is -0.330. The molecule has 1 heterocycles. The van der Waals surface area contributed by atoms with Crippen molar-refractivity contribution in [1.82, 2.24) is 4.68 Å². The van der Waals surface area contributed by atoms with Gasteiger partial charge in [0, 0.05) is 17.5 Å². The molecule has 0 saturated carbocycles. The molecular weight excluding hydrogens is 262 g/mol. The van der Waals surface area contributed by atoms with Gasteiger partial charge in [0.2, 0.25) is 4.80 Å². The van der Waals surface area contributed by atoms with Crippen molar-refractivity contribution in [3.63, 3.8) is 0 Å². The van der Waals surface area contributed by atoms with E-state index >= 15 is 0 Å². The number of aromatic nitrogens is 1. The molecule has 0 unspecified atom stereocenters. The monoisotopic (exact) mass is 277 g/mol. The lowest BCUT2D eigenvalue weighted by atomic mass is 10.2. The van der Waals surface area contributed by atoms with Gasteiger partial charge in [-0.3, -0.25) is 4.99 Å². The average Bonchev–Trinajstić information content (AvgIpc) is 2.73. The van der Waals surface area contributed by atoms with E-state index in [1.807, 2.05) is 19.2 Å². The predicted molar refractivity (Wildman–Crippen MR) is 75.9 cm³/mol. The number of hydrogen-bond donors (Lipinski definition) is 2. The van der Waals surface area contributed by atoms with E-state index in [-0.39, 0.29) is 11.5 Å². The van der Waals surface area contributed by atoms with Crippen LogP contribution in [0.25, 0.3) is 0 Å². The first kappa shape index (κ1) is 13.4. The molecule has 0 amide bonds. The molecule has 19 heavy (non-hydrogen) atoms. The van der Waals surface area contributed by atoms with Crippen LogP contribution in [-0.4, -0.2) is 27.6 Å². The molecule has 0 aliphatic heterocycles. The highest BCUT2D eigenvalue weighted by Crippen LogP contribution is 2.26. The molecule has 6 heteroatoms. The molecule has 1 aromatic heterocycles. The van der Waals surface area contributed by atoms with E-state index in [1.54, 1.807) is 16.8 Å². The topological polar surface area (TPSA) is 70.1 Å². The van der Waals surface area contributed by atoms with Crippen molar-refractivity contribution in [2.45, 2.75) is 13.8 Å². The Morgan fingerprint density at radius 3 is 2.89 bits per heavy atom. The molecule has 0 aliphatic rings. The molecule has 0 radical (unpaired) electrons. The lowest BCUT2D eigenvalue weighted by Gasteiger charge is -2.01. The fraction of sp³-hybridized carbons (Fsp3) is 0.231. The van der Waals surface area contributed by atoms with Gasteiger partial charge in [0.05, 0.1) is 11.9 Å². The molecule has 0 bridgehead atoms. The van der Waals surface area contributed by atoms with Gasteiger partial charge in [0.1, 0.15) is 0 Å². The van der Waals surface area contributed by atoms with Gasteiger partial charge in [-0.2, -0.15) is 5.10 Å². The van der Waals surface area contributed by atoms with Gasteiger partial charge in [-0.25, -0.2) is 4.68 Å². The van der Waals surface area contributed by atoms with Crippen molar-refractivity contribution in [3.05, 3.63) is 39.6 Å².